The number of hydrogen-bond donors (Lipinski definition) is 1. The lowest BCUT2D eigenvalue weighted by Crippen LogP contribution is -2.07. The Labute approximate surface area is 58.9 Å². The first-order valence-electron chi connectivity index (χ1n) is 3.07. The van der Waals surface area contributed by atoms with Crippen LogP contribution in [0.15, 0.2) is 18.3 Å². The molecule has 1 rings (SSSR count). The maximum absolute atomic E-state index is 12.4. The first-order valence-corrected chi connectivity index (χ1v) is 3.07. The second-order valence-electron chi connectivity index (χ2n) is 2.19. The number of aromatic nitrogens is 1. The predicted molar refractivity (Wildman–Crippen MR) is 36.8 cm³/mol. The zero-order valence-corrected chi connectivity index (χ0v) is 5.71. The molecule has 0 amide bonds. The van der Waals surface area contributed by atoms with Crippen molar-refractivity contribution < 1.29 is 4.39 Å². The van der Waals surface area contributed by atoms with E-state index in [0.717, 1.165) is 0 Å². The summed E-state index contributed by atoms with van der Waals surface area (Å²) in [5, 5.41) is 0. The molecule has 1 atom stereocenters. The minimum absolute atomic E-state index is 0.198. The number of rotatable bonds is 1. The highest BCUT2D eigenvalue weighted by molar-refractivity contribution is 5.08. The van der Waals surface area contributed by atoms with Gasteiger partial charge in [-0.3, -0.25) is 4.98 Å². The summed E-state index contributed by atoms with van der Waals surface area (Å²) in [4.78, 5) is 3.87. The van der Waals surface area contributed by atoms with Crippen molar-refractivity contribution in [2.75, 3.05) is 0 Å². The maximum Gasteiger partial charge on any atom is 0.126 e. The summed E-state index contributed by atoms with van der Waals surface area (Å²) in [6, 6.07) is 2.44. The maximum atomic E-state index is 12.4. The van der Waals surface area contributed by atoms with Crippen molar-refractivity contribution in [3.05, 3.63) is 29.8 Å². The lowest BCUT2D eigenvalue weighted by atomic mass is 10.2. The molecule has 3 heteroatoms. The van der Waals surface area contributed by atoms with Gasteiger partial charge in [-0.2, -0.15) is 0 Å². The van der Waals surface area contributed by atoms with Gasteiger partial charge in [0.25, 0.3) is 0 Å². The molecule has 0 saturated heterocycles. The van der Waals surface area contributed by atoms with Crippen LogP contribution in [0.2, 0.25) is 0 Å². The van der Waals surface area contributed by atoms with Crippen molar-refractivity contribution >= 4 is 0 Å². The standard InChI is InChI=1S/C7H9FN2/c1-5(9)7-4-6(8)2-3-10-7/h2-5H,9H2,1H3/t5-/m0/s1. The van der Waals surface area contributed by atoms with Gasteiger partial charge in [-0.15, -0.1) is 0 Å². The van der Waals surface area contributed by atoms with Crippen molar-refractivity contribution in [1.82, 2.24) is 4.98 Å². The highest BCUT2D eigenvalue weighted by Gasteiger charge is 2.00. The van der Waals surface area contributed by atoms with Gasteiger partial charge in [0.05, 0.1) is 5.69 Å². The average molecular weight is 140 g/mol. The zero-order chi connectivity index (χ0) is 7.56. The molecule has 0 radical (unpaired) electrons. The number of nitrogens with two attached hydrogens (primary N) is 1. The highest BCUT2D eigenvalue weighted by Crippen LogP contribution is 2.06. The molecule has 0 bridgehead atoms. The molecule has 0 unspecified atom stereocenters. The Hall–Kier alpha value is -0.960. The van der Waals surface area contributed by atoms with Gasteiger partial charge in [0.15, 0.2) is 0 Å². The topological polar surface area (TPSA) is 38.9 Å². The van der Waals surface area contributed by atoms with Crippen LogP contribution in [0.4, 0.5) is 4.39 Å². The molecule has 0 fully saturated rings. The second kappa shape index (κ2) is 2.75. The van der Waals surface area contributed by atoms with Crippen molar-refractivity contribution in [1.29, 1.82) is 0 Å². The Balaban J connectivity index is 2.96. The Bertz CT molecular complexity index is 223. The van der Waals surface area contributed by atoms with Crippen LogP contribution in [0.5, 0.6) is 0 Å². The SMILES string of the molecule is C[C@H](N)c1cc(F)ccn1. The molecule has 0 aliphatic carbocycles. The summed E-state index contributed by atoms with van der Waals surface area (Å²) >= 11 is 0. The van der Waals surface area contributed by atoms with Gasteiger partial charge >= 0.3 is 0 Å². The van der Waals surface area contributed by atoms with Crippen LogP contribution >= 0.6 is 0 Å². The lowest BCUT2D eigenvalue weighted by Gasteiger charge is -2.01. The molecule has 0 aliphatic heterocycles. The first kappa shape index (κ1) is 7.15. The molecule has 54 valence electrons. The van der Waals surface area contributed by atoms with E-state index in [1.807, 2.05) is 0 Å². The Morgan fingerprint density at radius 2 is 2.40 bits per heavy atom. The van der Waals surface area contributed by atoms with Gasteiger partial charge in [0.2, 0.25) is 0 Å². The third-order valence-corrected chi connectivity index (χ3v) is 1.21. The molecule has 10 heavy (non-hydrogen) atoms. The second-order valence-corrected chi connectivity index (χ2v) is 2.19. The van der Waals surface area contributed by atoms with E-state index < -0.39 is 0 Å². The van der Waals surface area contributed by atoms with E-state index in [1.54, 1.807) is 6.92 Å². The van der Waals surface area contributed by atoms with E-state index in [2.05, 4.69) is 4.98 Å². The molecule has 1 aromatic rings. The average Bonchev–Trinajstić information content (AvgIpc) is 1.88. The van der Waals surface area contributed by atoms with Gasteiger partial charge in [0, 0.05) is 12.2 Å². The Kier molecular flexibility index (Phi) is 1.97. The Morgan fingerprint density at radius 1 is 1.70 bits per heavy atom. The monoisotopic (exact) mass is 140 g/mol. The minimum Gasteiger partial charge on any atom is -0.323 e. The van der Waals surface area contributed by atoms with Gasteiger partial charge in [-0.1, -0.05) is 0 Å². The van der Waals surface area contributed by atoms with Crippen LogP contribution in [0.1, 0.15) is 18.7 Å². The van der Waals surface area contributed by atoms with Crippen molar-refractivity contribution in [3.8, 4) is 0 Å². The summed E-state index contributed by atoms with van der Waals surface area (Å²) in [6.07, 6.45) is 1.41. The Morgan fingerprint density at radius 3 is 2.80 bits per heavy atom. The quantitative estimate of drug-likeness (QED) is 0.637. The van der Waals surface area contributed by atoms with Crippen LogP contribution in [0.25, 0.3) is 0 Å². The first-order chi connectivity index (χ1) is 4.70. The highest BCUT2D eigenvalue weighted by atomic mass is 19.1. The summed E-state index contributed by atoms with van der Waals surface area (Å²) in [5.41, 5.74) is 6.04. The molecule has 0 aliphatic rings. The van der Waals surface area contributed by atoms with Crippen molar-refractivity contribution in [2.45, 2.75) is 13.0 Å². The molecule has 1 aromatic heterocycles. The summed E-state index contributed by atoms with van der Waals surface area (Å²) < 4.78 is 12.4. The molecular weight excluding hydrogens is 131 g/mol. The van der Waals surface area contributed by atoms with Crippen LogP contribution in [0.3, 0.4) is 0 Å². The molecule has 2 nitrogen and oxygen atoms in total. The van der Waals surface area contributed by atoms with Crippen LogP contribution in [-0.2, 0) is 0 Å². The number of halogens is 1. The summed E-state index contributed by atoms with van der Waals surface area (Å²) in [5.74, 6) is -0.290. The predicted octanol–water partition coefficient (Wildman–Crippen LogP) is 1.24. The number of pyridine rings is 1. The molecule has 0 spiro atoms. The lowest BCUT2D eigenvalue weighted by molar-refractivity contribution is 0.617. The smallest absolute Gasteiger partial charge is 0.126 e. The fourth-order valence-electron chi connectivity index (χ4n) is 0.670. The van der Waals surface area contributed by atoms with Crippen molar-refractivity contribution in [3.63, 3.8) is 0 Å². The molecule has 2 N–H and O–H groups in total. The number of hydrogen-bond acceptors (Lipinski definition) is 2. The molecule has 0 saturated carbocycles. The van der Waals surface area contributed by atoms with Crippen LogP contribution < -0.4 is 5.73 Å². The zero-order valence-electron chi connectivity index (χ0n) is 5.71. The van der Waals surface area contributed by atoms with E-state index in [0.29, 0.717) is 5.69 Å². The molecule has 0 aromatic carbocycles. The third-order valence-electron chi connectivity index (χ3n) is 1.21. The summed E-state index contributed by atoms with van der Waals surface area (Å²) in [6.45, 7) is 1.77. The van der Waals surface area contributed by atoms with Gasteiger partial charge in [0.1, 0.15) is 5.82 Å². The van der Waals surface area contributed by atoms with Gasteiger partial charge < -0.3 is 5.73 Å². The van der Waals surface area contributed by atoms with E-state index in [9.17, 15) is 4.39 Å². The largest absolute Gasteiger partial charge is 0.323 e. The van der Waals surface area contributed by atoms with Gasteiger partial charge in [-0.25, -0.2) is 4.39 Å². The van der Waals surface area contributed by atoms with Crippen molar-refractivity contribution in [2.24, 2.45) is 5.73 Å². The van der Waals surface area contributed by atoms with Crippen LogP contribution in [-0.4, -0.2) is 4.98 Å². The normalized spacial score (nSPS) is 13.1. The fourth-order valence-corrected chi connectivity index (χ4v) is 0.670. The van der Waals surface area contributed by atoms with E-state index in [1.165, 1.54) is 18.3 Å². The number of nitrogens with zero attached hydrogens (tertiary/aromatic N) is 1. The molecule has 1 heterocycles. The fraction of sp³-hybridized carbons (Fsp3) is 0.286. The third kappa shape index (κ3) is 1.51. The minimum atomic E-state index is -0.290. The van der Waals surface area contributed by atoms with E-state index >= 15 is 0 Å². The van der Waals surface area contributed by atoms with Crippen LogP contribution in [0, 0.1) is 5.82 Å². The van der Waals surface area contributed by atoms with E-state index in [4.69, 9.17) is 5.73 Å². The summed E-state index contributed by atoms with van der Waals surface area (Å²) in [7, 11) is 0. The van der Waals surface area contributed by atoms with E-state index in [-0.39, 0.29) is 11.9 Å². The van der Waals surface area contributed by atoms with Gasteiger partial charge in [-0.05, 0) is 19.1 Å². The molecular formula is C7H9FN2.